The minimum Gasteiger partial charge on any atom is 0 e. The first-order chi connectivity index (χ1) is 1.00. The molecule has 0 unspecified atom stereocenters. The third kappa shape index (κ3) is 8.82. The summed E-state index contributed by atoms with van der Waals surface area (Å²) in [4.78, 5) is 0. The Kier molecular flexibility index (Phi) is 71.4. The third-order valence-electron chi connectivity index (χ3n) is 0. The number of hydrogen-bond acceptors (Lipinski definition) is 1. The van der Waals surface area contributed by atoms with Gasteiger partial charge in [0.15, 0.2) is 0 Å². The summed E-state index contributed by atoms with van der Waals surface area (Å²) in [6.07, 6.45) is 0. The van der Waals surface area contributed by atoms with Crippen LogP contribution >= 0.6 is 10.1 Å². The fourth-order valence-corrected chi connectivity index (χ4v) is 0. The number of rotatable bonds is 0. The van der Waals surface area contributed by atoms with E-state index in [0.717, 1.165) is 16.6 Å². The Morgan fingerprint density at radius 2 is 1.25 bits per heavy atom. The first-order valence-electron chi connectivity index (χ1n) is 0.289. The summed E-state index contributed by atoms with van der Waals surface area (Å²) in [6.45, 7) is 0. The van der Waals surface area contributed by atoms with E-state index in [9.17, 15) is 0 Å². The molecule has 22 valence electrons. The second-order valence-corrected chi connectivity index (χ2v) is 0. The van der Waals surface area contributed by atoms with E-state index in [2.05, 4.69) is 10.1 Å². The van der Waals surface area contributed by atoms with Crippen LogP contribution in [0.2, 0.25) is 0 Å². The molecular formula is AgSTlZn. The Labute approximate surface area is 75.1 Å². The Hall–Kier alpha value is 2.51. The molecule has 0 bridgehead atoms. The quantitative estimate of drug-likeness (QED) is 0.518. The van der Waals surface area contributed by atoms with Gasteiger partial charge in [0.05, 0.1) is 0 Å². The van der Waals surface area contributed by atoms with Crippen molar-refractivity contribution in [1.82, 2.24) is 0 Å². The molecule has 0 aromatic carbocycles. The maximum absolute atomic E-state index is 4.21. The molecule has 0 rings (SSSR count). The van der Waals surface area contributed by atoms with Gasteiger partial charge in [0.1, 0.15) is 0 Å². The molecule has 0 aliphatic heterocycles. The molecule has 0 N–H and O–H groups in total. The van der Waals surface area contributed by atoms with E-state index in [1.165, 1.54) is 0 Å². The van der Waals surface area contributed by atoms with E-state index in [0.29, 0.717) is 0 Å². The molecule has 4 heteroatoms. The molecule has 0 nitrogen and oxygen atoms in total. The van der Waals surface area contributed by atoms with Gasteiger partial charge in [-0.25, -0.2) is 0 Å². The summed E-state index contributed by atoms with van der Waals surface area (Å²) in [5.41, 5.74) is 0. The zero-order valence-electron chi connectivity index (χ0n) is 1.99. The van der Waals surface area contributed by atoms with Crippen LogP contribution in [0.15, 0.2) is 0 Å². The van der Waals surface area contributed by atoms with Gasteiger partial charge in [-0.05, 0) is 0 Å². The molecule has 0 aliphatic rings. The largest absolute Gasteiger partial charge is 0 e. The summed E-state index contributed by atoms with van der Waals surface area (Å²) < 4.78 is 0. The SMILES string of the molecule is [Ag].[S]=[Zn].[Tl]. The van der Waals surface area contributed by atoms with Gasteiger partial charge in [0.2, 0.25) is 0 Å². The first-order valence-corrected chi connectivity index (χ1v) is 4.50. The van der Waals surface area contributed by atoms with Crippen molar-refractivity contribution in [2.24, 2.45) is 0 Å². The average molecular weight is 410 g/mol. The summed E-state index contributed by atoms with van der Waals surface area (Å²) in [5.74, 6) is 0. The Morgan fingerprint density at radius 3 is 1.25 bits per heavy atom. The first kappa shape index (κ1) is 16.0. The molecule has 0 atom stereocenters. The van der Waals surface area contributed by atoms with Gasteiger partial charge in [0.25, 0.3) is 0 Å². The molecular weight excluding hydrogens is 410 g/mol. The van der Waals surface area contributed by atoms with Gasteiger partial charge in [-0.2, -0.15) is 0 Å². The smallest absolute Gasteiger partial charge is 0 e. The monoisotopic (exact) mass is 408 g/mol. The molecule has 0 aromatic heterocycles. The molecule has 0 heterocycles. The van der Waals surface area contributed by atoms with E-state index in [1.54, 1.807) is 0 Å². The van der Waals surface area contributed by atoms with Gasteiger partial charge in [-0.15, -0.1) is 0 Å². The van der Waals surface area contributed by atoms with Crippen LogP contribution in [0.1, 0.15) is 0 Å². The Bertz CT molecular complexity index is 8.00. The Balaban J connectivity index is -0.00000000500. The van der Waals surface area contributed by atoms with E-state index in [4.69, 9.17) is 0 Å². The van der Waals surface area contributed by atoms with Crippen molar-refractivity contribution in [3.8, 4) is 0 Å². The van der Waals surface area contributed by atoms with Gasteiger partial charge < -0.3 is 0 Å². The van der Waals surface area contributed by atoms with Crippen molar-refractivity contribution in [3.63, 3.8) is 0 Å². The van der Waals surface area contributed by atoms with E-state index in [1.807, 2.05) is 0 Å². The van der Waals surface area contributed by atoms with Crippen LogP contribution in [0.4, 0.5) is 0 Å². The topological polar surface area (TPSA) is 0 Å². The van der Waals surface area contributed by atoms with Crippen LogP contribution in [0, 0.1) is 0 Å². The maximum Gasteiger partial charge on any atom is 0 e. The predicted octanol–water partition coefficient (Wildman–Crippen LogP) is 0.262. The molecule has 0 aromatic rings. The summed E-state index contributed by atoms with van der Waals surface area (Å²) in [6, 6.07) is 0. The second kappa shape index (κ2) is 17.8. The van der Waals surface area contributed by atoms with E-state index < -0.39 is 0 Å². The molecule has 0 saturated carbocycles. The van der Waals surface area contributed by atoms with Crippen molar-refractivity contribution in [2.45, 2.75) is 0 Å². The van der Waals surface area contributed by atoms with Gasteiger partial charge >= 0.3 is 26.7 Å². The molecule has 0 fully saturated rings. The second-order valence-electron chi connectivity index (χ2n) is 0. The zero-order valence-corrected chi connectivity index (χ0v) is 11.7. The molecule has 2 radical (unpaired) electrons. The van der Waals surface area contributed by atoms with Crippen LogP contribution in [-0.4, -0.2) is 27.3 Å². The zero-order chi connectivity index (χ0) is 2.00. The van der Waals surface area contributed by atoms with Gasteiger partial charge in [0, 0.05) is 49.7 Å². The van der Waals surface area contributed by atoms with Gasteiger partial charge in [-0.1, -0.05) is 0 Å². The van der Waals surface area contributed by atoms with Crippen molar-refractivity contribution in [2.75, 3.05) is 0 Å². The van der Waals surface area contributed by atoms with Crippen LogP contribution in [-0.2, 0) is 38.9 Å². The molecule has 4 heavy (non-hydrogen) atoms. The Morgan fingerprint density at radius 1 is 1.25 bits per heavy atom. The fraction of sp³-hybridized carbons (Fsp3) is 0. The predicted molar refractivity (Wildman–Crippen MR) is 13.3 cm³/mol. The molecule has 0 amide bonds. The van der Waals surface area contributed by atoms with Crippen LogP contribution in [0.3, 0.4) is 0 Å². The minimum absolute atomic E-state index is 0. The molecule has 0 spiro atoms. The molecule has 0 aliphatic carbocycles. The number of hydrogen-bond donors (Lipinski definition) is 0. The van der Waals surface area contributed by atoms with E-state index in [-0.39, 0.29) is 49.7 Å². The maximum atomic E-state index is 4.21. The third-order valence-corrected chi connectivity index (χ3v) is 0. The van der Waals surface area contributed by atoms with Crippen molar-refractivity contribution < 1.29 is 38.9 Å². The minimum atomic E-state index is 0. The summed E-state index contributed by atoms with van der Waals surface area (Å²) in [5, 5.41) is 0. The van der Waals surface area contributed by atoms with Crippen molar-refractivity contribution in [3.05, 3.63) is 0 Å². The van der Waals surface area contributed by atoms with Crippen molar-refractivity contribution >= 4 is 37.4 Å². The van der Waals surface area contributed by atoms with Crippen molar-refractivity contribution in [1.29, 1.82) is 0 Å². The van der Waals surface area contributed by atoms with Gasteiger partial charge in [-0.3, -0.25) is 0 Å². The van der Waals surface area contributed by atoms with Crippen LogP contribution in [0.5, 0.6) is 0 Å². The summed E-state index contributed by atoms with van der Waals surface area (Å²) >= 11 is 0.958. The summed E-state index contributed by atoms with van der Waals surface area (Å²) in [7, 11) is 4.21. The standard InChI is InChI=1S/Ag.S.Tl.Zn. The molecule has 0 saturated heterocycles. The van der Waals surface area contributed by atoms with Crippen LogP contribution in [0.25, 0.3) is 0 Å². The van der Waals surface area contributed by atoms with E-state index >= 15 is 0 Å². The van der Waals surface area contributed by atoms with Crippen LogP contribution < -0.4 is 0 Å². The normalized spacial score (nSPS) is 1.50. The fourth-order valence-electron chi connectivity index (χ4n) is 0. The average Bonchev–Trinajstić information content (AvgIpc) is 1.00.